The summed E-state index contributed by atoms with van der Waals surface area (Å²) >= 11 is 5.65. The van der Waals surface area contributed by atoms with Gasteiger partial charge >= 0.3 is 5.97 Å². The minimum absolute atomic E-state index is 0.100. The monoisotopic (exact) mass is 368 g/mol. The summed E-state index contributed by atoms with van der Waals surface area (Å²) in [6, 6.07) is 3.78. The molecule has 1 atom stereocenters. The van der Waals surface area contributed by atoms with Crippen molar-refractivity contribution in [2.45, 2.75) is 39.7 Å². The minimum atomic E-state index is -0.999. The fraction of sp³-hybridized carbons (Fsp3) is 0.353. The van der Waals surface area contributed by atoms with Gasteiger partial charge in [-0.2, -0.15) is 0 Å². The lowest BCUT2D eigenvalue weighted by Crippen LogP contribution is -2.30. The van der Waals surface area contributed by atoms with Crippen molar-refractivity contribution in [3.05, 3.63) is 46.1 Å². The van der Waals surface area contributed by atoms with Crippen molar-refractivity contribution >= 4 is 29.2 Å². The van der Waals surface area contributed by atoms with E-state index in [1.54, 1.807) is 13.8 Å². The first-order valence-electron chi connectivity index (χ1n) is 7.65. The molecule has 2 aromatic rings. The van der Waals surface area contributed by atoms with Crippen LogP contribution in [0, 0.1) is 19.7 Å². The van der Waals surface area contributed by atoms with Crippen LogP contribution in [0.3, 0.4) is 0 Å². The van der Waals surface area contributed by atoms with Crippen LogP contribution in [0.5, 0.6) is 0 Å². The van der Waals surface area contributed by atoms with E-state index in [0.29, 0.717) is 17.9 Å². The van der Waals surface area contributed by atoms with Crippen molar-refractivity contribution in [1.29, 1.82) is 0 Å². The van der Waals surface area contributed by atoms with Crippen molar-refractivity contribution in [2.75, 3.05) is 5.32 Å². The van der Waals surface area contributed by atoms with E-state index in [2.05, 4.69) is 10.5 Å². The molecule has 1 N–H and O–H groups in total. The average molecular weight is 369 g/mol. The number of carbonyl (C=O) groups is 2. The Morgan fingerprint density at radius 3 is 2.72 bits per heavy atom. The number of anilines is 1. The fourth-order valence-corrected chi connectivity index (χ4v) is 2.39. The van der Waals surface area contributed by atoms with Crippen LogP contribution in [0.1, 0.15) is 30.4 Å². The number of ether oxygens (including phenoxy) is 1. The average Bonchev–Trinajstić information content (AvgIpc) is 2.87. The Labute approximate surface area is 149 Å². The van der Waals surface area contributed by atoms with Gasteiger partial charge in [-0.05, 0) is 45.4 Å². The third kappa shape index (κ3) is 5.03. The zero-order valence-corrected chi connectivity index (χ0v) is 14.8. The molecule has 0 saturated heterocycles. The Morgan fingerprint density at radius 1 is 1.40 bits per heavy atom. The summed E-state index contributed by atoms with van der Waals surface area (Å²) in [7, 11) is 0. The number of aryl methyl sites for hydroxylation is 2. The van der Waals surface area contributed by atoms with Crippen LogP contribution in [0.4, 0.5) is 10.1 Å². The Hall–Kier alpha value is -2.41. The zero-order chi connectivity index (χ0) is 18.6. The lowest BCUT2D eigenvalue weighted by atomic mass is 10.1. The molecule has 0 spiro atoms. The molecule has 1 aromatic carbocycles. The predicted octanol–water partition coefficient (Wildman–Crippen LogP) is 3.59. The van der Waals surface area contributed by atoms with Gasteiger partial charge in [0.15, 0.2) is 6.10 Å². The Morgan fingerprint density at radius 2 is 2.12 bits per heavy atom. The van der Waals surface area contributed by atoms with Crippen molar-refractivity contribution in [2.24, 2.45) is 0 Å². The number of hydrogen-bond donors (Lipinski definition) is 1. The van der Waals surface area contributed by atoms with E-state index >= 15 is 0 Å². The molecule has 8 heteroatoms. The van der Waals surface area contributed by atoms with Crippen molar-refractivity contribution < 1.29 is 23.2 Å². The highest BCUT2D eigenvalue weighted by atomic mass is 35.5. The van der Waals surface area contributed by atoms with Gasteiger partial charge < -0.3 is 14.6 Å². The normalized spacial score (nSPS) is 11.9. The summed E-state index contributed by atoms with van der Waals surface area (Å²) in [5, 5.41) is 6.22. The van der Waals surface area contributed by atoms with Gasteiger partial charge in [0.05, 0.1) is 10.7 Å². The van der Waals surface area contributed by atoms with Crippen molar-refractivity contribution in [3.63, 3.8) is 0 Å². The zero-order valence-electron chi connectivity index (χ0n) is 14.1. The highest BCUT2D eigenvalue weighted by Gasteiger charge is 2.19. The highest BCUT2D eigenvalue weighted by molar-refractivity contribution is 6.31. The van der Waals surface area contributed by atoms with Gasteiger partial charge in [0.2, 0.25) is 0 Å². The summed E-state index contributed by atoms with van der Waals surface area (Å²) in [6.45, 7) is 5.01. The molecular weight excluding hydrogens is 351 g/mol. The molecule has 134 valence electrons. The summed E-state index contributed by atoms with van der Waals surface area (Å²) in [6.07, 6.45) is -0.480. The Kier molecular flexibility index (Phi) is 6.14. The Bertz CT molecular complexity index is 771. The highest BCUT2D eigenvalue weighted by Crippen LogP contribution is 2.20. The lowest BCUT2D eigenvalue weighted by molar-refractivity contribution is -0.153. The van der Waals surface area contributed by atoms with Crippen LogP contribution < -0.4 is 5.32 Å². The first kappa shape index (κ1) is 18.9. The number of nitrogens with one attached hydrogen (secondary N) is 1. The maximum absolute atomic E-state index is 13.1. The molecule has 25 heavy (non-hydrogen) atoms. The third-order valence-electron chi connectivity index (χ3n) is 3.62. The number of nitrogens with zero attached hydrogens (tertiary/aromatic N) is 1. The largest absolute Gasteiger partial charge is 0.453 e. The SMILES string of the molecule is Cc1noc(C)c1CCC(=O)O[C@@H](C)C(=O)Nc1ccc(F)c(Cl)c1. The smallest absolute Gasteiger partial charge is 0.306 e. The van der Waals surface area contributed by atoms with Crippen LogP contribution in [0.2, 0.25) is 5.02 Å². The summed E-state index contributed by atoms with van der Waals surface area (Å²) in [5.74, 6) is -0.976. The molecule has 0 bridgehead atoms. The maximum Gasteiger partial charge on any atom is 0.306 e. The second-order valence-electron chi connectivity index (χ2n) is 5.55. The quantitative estimate of drug-likeness (QED) is 0.788. The van der Waals surface area contributed by atoms with E-state index < -0.39 is 23.8 Å². The second-order valence-corrected chi connectivity index (χ2v) is 5.96. The van der Waals surface area contributed by atoms with E-state index in [4.69, 9.17) is 20.9 Å². The van der Waals surface area contributed by atoms with Gasteiger partial charge in [0.25, 0.3) is 5.91 Å². The van der Waals surface area contributed by atoms with Gasteiger partial charge in [-0.1, -0.05) is 16.8 Å². The van der Waals surface area contributed by atoms with E-state index in [1.807, 2.05) is 0 Å². The number of carbonyl (C=O) groups excluding carboxylic acids is 2. The molecule has 0 unspecified atom stereocenters. The number of halogens is 2. The molecule has 2 rings (SSSR count). The van der Waals surface area contributed by atoms with Crippen LogP contribution in [0.15, 0.2) is 22.7 Å². The van der Waals surface area contributed by atoms with Gasteiger partial charge in [-0.15, -0.1) is 0 Å². The number of aromatic nitrogens is 1. The van der Waals surface area contributed by atoms with Gasteiger partial charge in [-0.3, -0.25) is 9.59 Å². The molecule has 0 radical (unpaired) electrons. The summed E-state index contributed by atoms with van der Waals surface area (Å²) < 4.78 is 23.2. The minimum Gasteiger partial charge on any atom is -0.453 e. The molecule has 0 saturated carbocycles. The van der Waals surface area contributed by atoms with E-state index in [9.17, 15) is 14.0 Å². The molecule has 0 aliphatic rings. The van der Waals surface area contributed by atoms with Crippen LogP contribution in [-0.2, 0) is 20.7 Å². The second kappa shape index (κ2) is 8.11. The number of esters is 1. The lowest BCUT2D eigenvalue weighted by Gasteiger charge is -2.13. The molecule has 1 aromatic heterocycles. The van der Waals surface area contributed by atoms with Gasteiger partial charge in [-0.25, -0.2) is 4.39 Å². The molecule has 0 aliphatic heterocycles. The summed E-state index contributed by atoms with van der Waals surface area (Å²) in [5.41, 5.74) is 1.90. The molecule has 1 heterocycles. The predicted molar refractivity (Wildman–Crippen MR) is 89.9 cm³/mol. The molecule has 6 nitrogen and oxygen atoms in total. The number of amides is 1. The fourth-order valence-electron chi connectivity index (χ4n) is 2.21. The number of rotatable bonds is 6. The van der Waals surface area contributed by atoms with Crippen LogP contribution in [0.25, 0.3) is 0 Å². The van der Waals surface area contributed by atoms with Crippen molar-refractivity contribution in [1.82, 2.24) is 5.16 Å². The van der Waals surface area contributed by atoms with E-state index in [1.165, 1.54) is 19.1 Å². The first-order valence-corrected chi connectivity index (χ1v) is 8.03. The third-order valence-corrected chi connectivity index (χ3v) is 3.91. The van der Waals surface area contributed by atoms with Gasteiger partial charge in [0, 0.05) is 17.7 Å². The standard InChI is InChI=1S/C17H18ClFN2O4/c1-9-13(10(2)25-21-9)5-7-16(22)24-11(3)17(23)20-12-4-6-15(19)14(18)8-12/h4,6,8,11H,5,7H2,1-3H3,(H,20,23)/t11-/m0/s1. The Balaban J connectivity index is 1.85. The molecular formula is C17H18ClFN2O4. The van der Waals surface area contributed by atoms with E-state index in [0.717, 1.165) is 17.3 Å². The summed E-state index contributed by atoms with van der Waals surface area (Å²) in [4.78, 5) is 23.9. The molecule has 0 fully saturated rings. The maximum atomic E-state index is 13.1. The van der Waals surface area contributed by atoms with Crippen LogP contribution >= 0.6 is 11.6 Å². The van der Waals surface area contributed by atoms with E-state index in [-0.39, 0.29) is 11.4 Å². The number of hydrogen-bond acceptors (Lipinski definition) is 5. The van der Waals surface area contributed by atoms with Crippen molar-refractivity contribution in [3.8, 4) is 0 Å². The van der Waals surface area contributed by atoms with Crippen LogP contribution in [-0.4, -0.2) is 23.1 Å². The molecule has 0 aliphatic carbocycles. The molecule has 1 amide bonds. The van der Waals surface area contributed by atoms with Gasteiger partial charge in [0.1, 0.15) is 11.6 Å². The number of benzene rings is 1. The topological polar surface area (TPSA) is 81.4 Å². The first-order chi connectivity index (χ1) is 11.8.